The summed E-state index contributed by atoms with van der Waals surface area (Å²) in [6.45, 7) is 8.24. The second kappa shape index (κ2) is 14.0. The van der Waals surface area contributed by atoms with Gasteiger partial charge in [0.1, 0.15) is 5.60 Å². The van der Waals surface area contributed by atoms with Gasteiger partial charge < -0.3 is 18.9 Å². The number of hydroxylamine groups is 1. The Hall–Kier alpha value is -1.58. The molecule has 0 saturated heterocycles. The molecule has 0 fully saturated rings. The first-order valence-electron chi connectivity index (χ1n) is 7.30. The van der Waals surface area contributed by atoms with E-state index in [4.69, 9.17) is 29.3 Å². The lowest BCUT2D eigenvalue weighted by molar-refractivity contribution is -0.0353. The summed E-state index contributed by atoms with van der Waals surface area (Å²) >= 11 is 0. The summed E-state index contributed by atoms with van der Waals surface area (Å²) in [5.41, 5.74) is 9.64. The zero-order valence-electron chi connectivity index (χ0n) is 13.9. The van der Waals surface area contributed by atoms with Crippen LogP contribution < -0.4 is 5.48 Å². The molecule has 0 aromatic carbocycles. The predicted octanol–water partition coefficient (Wildman–Crippen LogP) is 1.80. The summed E-state index contributed by atoms with van der Waals surface area (Å²) < 4.78 is 20.6. The minimum Gasteiger partial charge on any atom is -0.442 e. The number of carbonyl (C=O) groups excluding carboxylic acids is 1. The molecule has 0 bridgehead atoms. The van der Waals surface area contributed by atoms with E-state index in [-0.39, 0.29) is 6.61 Å². The molecule has 0 saturated carbocycles. The molecule has 0 heterocycles. The van der Waals surface area contributed by atoms with Crippen molar-refractivity contribution in [3.8, 4) is 0 Å². The minimum atomic E-state index is -0.638. The SMILES string of the molecule is CC(C)(C)OC(=O)NOCCOCCOCCOCCN=[N+]=[N-]. The molecular formula is C13H26N4O6. The summed E-state index contributed by atoms with van der Waals surface area (Å²) in [5, 5.41) is 3.33. The van der Waals surface area contributed by atoms with Crippen molar-refractivity contribution in [2.45, 2.75) is 26.4 Å². The van der Waals surface area contributed by atoms with Crippen LogP contribution in [0.3, 0.4) is 0 Å². The van der Waals surface area contributed by atoms with Crippen molar-refractivity contribution >= 4 is 6.09 Å². The summed E-state index contributed by atoms with van der Waals surface area (Å²) in [5.74, 6) is 0. The van der Waals surface area contributed by atoms with Gasteiger partial charge in [0.2, 0.25) is 0 Å². The van der Waals surface area contributed by atoms with Crippen LogP contribution >= 0.6 is 0 Å². The van der Waals surface area contributed by atoms with Crippen molar-refractivity contribution in [3.63, 3.8) is 0 Å². The molecular weight excluding hydrogens is 308 g/mol. The number of nitrogens with zero attached hydrogens (tertiary/aromatic N) is 3. The van der Waals surface area contributed by atoms with Crippen LogP contribution in [0.5, 0.6) is 0 Å². The van der Waals surface area contributed by atoms with Crippen LogP contribution in [-0.4, -0.2) is 64.5 Å². The van der Waals surface area contributed by atoms with Crippen molar-refractivity contribution in [1.82, 2.24) is 5.48 Å². The predicted molar refractivity (Wildman–Crippen MR) is 81.8 cm³/mol. The van der Waals surface area contributed by atoms with Gasteiger partial charge in [0.15, 0.2) is 0 Å². The van der Waals surface area contributed by atoms with E-state index in [2.05, 4.69) is 15.5 Å². The van der Waals surface area contributed by atoms with Gasteiger partial charge in [-0.3, -0.25) is 4.84 Å². The van der Waals surface area contributed by atoms with Gasteiger partial charge in [-0.1, -0.05) is 5.11 Å². The Kier molecular flexibility index (Phi) is 13.1. The van der Waals surface area contributed by atoms with Gasteiger partial charge in [-0.25, -0.2) is 4.79 Å². The molecule has 1 N–H and O–H groups in total. The van der Waals surface area contributed by atoms with Crippen molar-refractivity contribution < 1.29 is 28.6 Å². The molecule has 0 aliphatic rings. The average molecular weight is 334 g/mol. The number of hydrogen-bond donors (Lipinski definition) is 1. The second-order valence-corrected chi connectivity index (χ2v) is 5.24. The lowest BCUT2D eigenvalue weighted by Crippen LogP contribution is -2.33. The van der Waals surface area contributed by atoms with E-state index >= 15 is 0 Å². The van der Waals surface area contributed by atoms with Crippen LogP contribution in [-0.2, 0) is 23.8 Å². The summed E-state index contributed by atoms with van der Waals surface area (Å²) in [6.07, 6.45) is -0.638. The Bertz CT molecular complexity index is 355. The average Bonchev–Trinajstić information content (AvgIpc) is 2.46. The molecule has 10 heteroatoms. The van der Waals surface area contributed by atoms with Gasteiger partial charge in [0.05, 0.1) is 46.2 Å². The van der Waals surface area contributed by atoms with Crippen LogP contribution in [0.2, 0.25) is 0 Å². The Labute approximate surface area is 135 Å². The third-order valence-corrected chi connectivity index (χ3v) is 2.03. The number of carbonyl (C=O) groups is 1. The van der Waals surface area contributed by atoms with E-state index in [9.17, 15) is 4.79 Å². The lowest BCUT2D eigenvalue weighted by Gasteiger charge is -2.19. The molecule has 0 atom stereocenters. The number of rotatable bonds is 13. The van der Waals surface area contributed by atoms with E-state index in [1.54, 1.807) is 20.8 Å². The molecule has 0 radical (unpaired) electrons. The standard InChI is InChI=1S/C13H26N4O6/c1-13(2,3)23-12(18)16-22-11-10-21-9-8-20-7-6-19-5-4-15-17-14/h4-11H2,1-3H3,(H,16,18). The summed E-state index contributed by atoms with van der Waals surface area (Å²) in [4.78, 5) is 18.7. The third kappa shape index (κ3) is 18.4. The normalized spacial score (nSPS) is 10.9. The molecule has 134 valence electrons. The monoisotopic (exact) mass is 334 g/mol. The molecule has 0 rings (SSSR count). The van der Waals surface area contributed by atoms with Crippen molar-refractivity contribution in [2.75, 3.05) is 52.8 Å². The number of hydrogen-bond acceptors (Lipinski definition) is 7. The van der Waals surface area contributed by atoms with Crippen LogP contribution in [0.1, 0.15) is 20.8 Å². The largest absolute Gasteiger partial charge is 0.442 e. The number of amides is 1. The van der Waals surface area contributed by atoms with E-state index in [1.807, 2.05) is 0 Å². The van der Waals surface area contributed by atoms with Crippen LogP contribution in [0.4, 0.5) is 4.79 Å². The highest BCUT2D eigenvalue weighted by Crippen LogP contribution is 2.06. The highest BCUT2D eigenvalue weighted by atomic mass is 16.7. The van der Waals surface area contributed by atoms with Crippen LogP contribution in [0, 0.1) is 0 Å². The third-order valence-electron chi connectivity index (χ3n) is 2.03. The fourth-order valence-electron chi connectivity index (χ4n) is 1.20. The topological polar surface area (TPSA) is 124 Å². The molecule has 0 aliphatic carbocycles. The summed E-state index contributed by atoms with van der Waals surface area (Å²) in [6, 6.07) is 0. The Balaban J connectivity index is 3.19. The highest BCUT2D eigenvalue weighted by molar-refractivity contribution is 5.66. The smallest absolute Gasteiger partial charge is 0.431 e. The first-order valence-corrected chi connectivity index (χ1v) is 7.30. The number of azide groups is 1. The van der Waals surface area contributed by atoms with E-state index in [1.165, 1.54) is 0 Å². The first-order chi connectivity index (χ1) is 11.0. The summed E-state index contributed by atoms with van der Waals surface area (Å²) in [7, 11) is 0. The van der Waals surface area contributed by atoms with Gasteiger partial charge in [-0.05, 0) is 26.3 Å². The fraction of sp³-hybridized carbons (Fsp3) is 0.923. The zero-order valence-corrected chi connectivity index (χ0v) is 13.9. The first kappa shape index (κ1) is 21.4. The fourth-order valence-corrected chi connectivity index (χ4v) is 1.20. The molecule has 10 nitrogen and oxygen atoms in total. The van der Waals surface area contributed by atoms with Crippen molar-refractivity contribution in [2.24, 2.45) is 5.11 Å². The quantitative estimate of drug-likeness (QED) is 0.180. The maximum Gasteiger partial charge on any atom is 0.431 e. The Morgan fingerprint density at radius 2 is 1.52 bits per heavy atom. The molecule has 0 spiro atoms. The van der Waals surface area contributed by atoms with E-state index < -0.39 is 11.7 Å². The highest BCUT2D eigenvalue weighted by Gasteiger charge is 2.15. The van der Waals surface area contributed by atoms with Gasteiger partial charge in [0.25, 0.3) is 0 Å². The second-order valence-electron chi connectivity index (χ2n) is 5.24. The zero-order chi connectivity index (χ0) is 17.4. The minimum absolute atomic E-state index is 0.210. The molecule has 23 heavy (non-hydrogen) atoms. The van der Waals surface area contributed by atoms with Crippen molar-refractivity contribution in [3.05, 3.63) is 10.4 Å². The maximum absolute atomic E-state index is 11.2. The lowest BCUT2D eigenvalue weighted by atomic mass is 10.2. The van der Waals surface area contributed by atoms with E-state index in [0.29, 0.717) is 46.2 Å². The Morgan fingerprint density at radius 1 is 1.00 bits per heavy atom. The number of ether oxygens (including phenoxy) is 4. The van der Waals surface area contributed by atoms with Gasteiger partial charge >= 0.3 is 6.09 Å². The van der Waals surface area contributed by atoms with Crippen molar-refractivity contribution in [1.29, 1.82) is 0 Å². The molecule has 0 aromatic rings. The molecule has 0 unspecified atom stereocenters. The molecule has 0 aliphatic heterocycles. The van der Waals surface area contributed by atoms with Gasteiger partial charge in [-0.15, -0.1) is 0 Å². The van der Waals surface area contributed by atoms with Crippen LogP contribution in [0.15, 0.2) is 5.11 Å². The maximum atomic E-state index is 11.2. The van der Waals surface area contributed by atoms with Gasteiger partial charge in [-0.2, -0.15) is 5.48 Å². The molecule has 0 aromatic heterocycles. The number of nitrogens with one attached hydrogen (secondary N) is 1. The molecule has 1 amide bonds. The van der Waals surface area contributed by atoms with Crippen LogP contribution in [0.25, 0.3) is 10.4 Å². The Morgan fingerprint density at radius 3 is 2.04 bits per heavy atom. The van der Waals surface area contributed by atoms with Gasteiger partial charge in [0, 0.05) is 11.5 Å². The van der Waals surface area contributed by atoms with E-state index in [0.717, 1.165) is 0 Å².